The fourth-order valence-corrected chi connectivity index (χ4v) is 2.73. The van der Waals surface area contributed by atoms with E-state index in [2.05, 4.69) is 15.9 Å². The van der Waals surface area contributed by atoms with Crippen LogP contribution in [0.25, 0.3) is 0 Å². The van der Waals surface area contributed by atoms with Gasteiger partial charge in [0, 0.05) is 6.61 Å². The molecule has 1 saturated heterocycles. The van der Waals surface area contributed by atoms with Gasteiger partial charge in [-0.05, 0) is 53.4 Å². The lowest BCUT2D eigenvalue weighted by atomic mass is 9.93. The predicted molar refractivity (Wildman–Crippen MR) is 66.3 cm³/mol. The molecule has 1 aromatic rings. The Morgan fingerprint density at radius 2 is 2.31 bits per heavy atom. The first-order valence-corrected chi connectivity index (χ1v) is 6.49. The van der Waals surface area contributed by atoms with Gasteiger partial charge in [0.05, 0.1) is 15.5 Å². The van der Waals surface area contributed by atoms with E-state index in [0.717, 1.165) is 25.0 Å². The third-order valence-corrected chi connectivity index (χ3v) is 4.34. The zero-order valence-electron chi connectivity index (χ0n) is 8.97. The Labute approximate surface area is 108 Å². The molecule has 0 aliphatic carbocycles. The number of ether oxygens (including phenoxy) is 1. The van der Waals surface area contributed by atoms with Gasteiger partial charge in [-0.3, -0.25) is 0 Å². The summed E-state index contributed by atoms with van der Waals surface area (Å²) in [5.74, 6) is -0.273. The molecule has 0 aromatic heterocycles. The summed E-state index contributed by atoms with van der Waals surface area (Å²) >= 11 is 9.58. The average Bonchev–Trinajstić information content (AvgIpc) is 2.70. The Morgan fingerprint density at radius 1 is 1.56 bits per heavy atom. The molecule has 1 heterocycles. The lowest BCUT2D eigenvalue weighted by molar-refractivity contribution is 0.0164. The second kappa shape index (κ2) is 4.63. The zero-order chi connectivity index (χ0) is 11.8. The summed E-state index contributed by atoms with van der Waals surface area (Å²) in [7, 11) is 0. The number of benzene rings is 1. The van der Waals surface area contributed by atoms with Gasteiger partial charge in [-0.2, -0.15) is 0 Å². The summed E-state index contributed by atoms with van der Waals surface area (Å²) in [6.07, 6.45) is 1.97. The third kappa shape index (κ3) is 2.27. The smallest absolute Gasteiger partial charge is 0.137 e. The molecule has 2 atom stereocenters. The number of halogens is 3. The molecule has 88 valence electrons. The molecule has 1 aliphatic heterocycles. The minimum absolute atomic E-state index is 0.244. The van der Waals surface area contributed by atoms with Crippen LogP contribution in [0.3, 0.4) is 0 Å². The highest BCUT2D eigenvalue weighted by Gasteiger charge is 2.38. The van der Waals surface area contributed by atoms with Crippen LogP contribution in [0, 0.1) is 5.82 Å². The van der Waals surface area contributed by atoms with Crippen molar-refractivity contribution in [1.82, 2.24) is 0 Å². The average molecular weight is 308 g/mol. The normalized spacial score (nSPS) is 27.0. The lowest BCUT2D eigenvalue weighted by Crippen LogP contribution is -2.28. The topological polar surface area (TPSA) is 9.23 Å². The second-order valence-electron chi connectivity index (χ2n) is 4.30. The summed E-state index contributed by atoms with van der Waals surface area (Å²) in [6.45, 7) is 2.76. The van der Waals surface area contributed by atoms with E-state index < -0.39 is 0 Å². The fourth-order valence-electron chi connectivity index (χ4n) is 2.02. The Morgan fingerprint density at radius 3 is 2.88 bits per heavy atom. The summed E-state index contributed by atoms with van der Waals surface area (Å²) in [5.41, 5.74) is 0.554. The molecule has 1 aromatic carbocycles. The summed E-state index contributed by atoms with van der Waals surface area (Å²) in [6, 6.07) is 4.86. The van der Waals surface area contributed by atoms with E-state index >= 15 is 0 Å². The number of hydrogen-bond donors (Lipinski definition) is 0. The molecular formula is C12H13BrClFO. The summed E-state index contributed by atoms with van der Waals surface area (Å²) in [4.78, 5) is 0. The highest BCUT2D eigenvalue weighted by Crippen LogP contribution is 2.42. The van der Waals surface area contributed by atoms with Gasteiger partial charge in [-0.1, -0.05) is 6.07 Å². The van der Waals surface area contributed by atoms with Crippen LogP contribution in [0.15, 0.2) is 22.7 Å². The van der Waals surface area contributed by atoms with Gasteiger partial charge in [0.25, 0.3) is 0 Å². The third-order valence-electron chi connectivity index (χ3n) is 3.02. The van der Waals surface area contributed by atoms with Gasteiger partial charge >= 0.3 is 0 Å². The van der Waals surface area contributed by atoms with Gasteiger partial charge in [-0.25, -0.2) is 4.39 Å². The van der Waals surface area contributed by atoms with Crippen LogP contribution < -0.4 is 0 Å². The molecule has 0 amide bonds. The van der Waals surface area contributed by atoms with Crippen LogP contribution in [0.4, 0.5) is 4.39 Å². The Kier molecular flexibility index (Phi) is 3.57. The lowest BCUT2D eigenvalue weighted by Gasteiger charge is -2.29. The number of rotatable bonds is 2. The van der Waals surface area contributed by atoms with E-state index in [4.69, 9.17) is 16.3 Å². The Bertz CT molecular complexity index is 391. The minimum Gasteiger partial charge on any atom is -0.373 e. The fraction of sp³-hybridized carbons (Fsp3) is 0.500. The molecule has 0 bridgehead atoms. The molecule has 1 fully saturated rings. The van der Waals surface area contributed by atoms with Crippen molar-refractivity contribution in [1.29, 1.82) is 0 Å². The van der Waals surface area contributed by atoms with E-state index in [1.54, 1.807) is 12.1 Å². The first-order valence-electron chi connectivity index (χ1n) is 5.26. The molecule has 0 N–H and O–H groups in total. The maximum atomic E-state index is 13.1. The van der Waals surface area contributed by atoms with Crippen LogP contribution in [0.1, 0.15) is 30.7 Å². The molecule has 0 saturated carbocycles. The maximum absolute atomic E-state index is 13.1. The SMILES string of the molecule is CC1(C(Cl)c2ccc(F)c(Br)c2)CCCO1. The molecule has 2 unspecified atom stereocenters. The first-order chi connectivity index (χ1) is 7.53. The van der Waals surface area contributed by atoms with Gasteiger partial charge in [0.15, 0.2) is 0 Å². The van der Waals surface area contributed by atoms with Crippen molar-refractivity contribution in [2.45, 2.75) is 30.7 Å². The van der Waals surface area contributed by atoms with Crippen molar-refractivity contribution < 1.29 is 9.13 Å². The number of alkyl halides is 1. The molecule has 2 rings (SSSR count). The monoisotopic (exact) mass is 306 g/mol. The highest BCUT2D eigenvalue weighted by molar-refractivity contribution is 9.10. The summed E-state index contributed by atoms with van der Waals surface area (Å²) in [5, 5.41) is -0.244. The van der Waals surface area contributed by atoms with Crippen molar-refractivity contribution in [2.75, 3.05) is 6.61 Å². The standard InChI is InChI=1S/C12H13BrClFO/c1-12(5-2-6-16-12)11(14)8-3-4-10(15)9(13)7-8/h3-4,7,11H,2,5-6H2,1H3. The number of hydrogen-bond acceptors (Lipinski definition) is 1. The van der Waals surface area contributed by atoms with Gasteiger partial charge < -0.3 is 4.74 Å². The van der Waals surface area contributed by atoms with Crippen LogP contribution in [-0.4, -0.2) is 12.2 Å². The van der Waals surface area contributed by atoms with E-state index in [0.29, 0.717) is 4.47 Å². The van der Waals surface area contributed by atoms with Gasteiger partial charge in [0.2, 0.25) is 0 Å². The Balaban J connectivity index is 2.26. The highest BCUT2D eigenvalue weighted by atomic mass is 79.9. The van der Waals surface area contributed by atoms with Crippen molar-refractivity contribution >= 4 is 27.5 Å². The maximum Gasteiger partial charge on any atom is 0.137 e. The quantitative estimate of drug-likeness (QED) is 0.734. The summed E-state index contributed by atoms with van der Waals surface area (Å²) < 4.78 is 19.2. The van der Waals surface area contributed by atoms with Crippen LogP contribution >= 0.6 is 27.5 Å². The van der Waals surface area contributed by atoms with E-state index in [-0.39, 0.29) is 16.8 Å². The second-order valence-corrected chi connectivity index (χ2v) is 5.59. The molecule has 16 heavy (non-hydrogen) atoms. The minimum atomic E-state index is -0.334. The molecular weight excluding hydrogens is 294 g/mol. The first kappa shape index (κ1) is 12.3. The van der Waals surface area contributed by atoms with Crippen LogP contribution in [0.2, 0.25) is 0 Å². The van der Waals surface area contributed by atoms with Crippen molar-refractivity contribution in [3.05, 3.63) is 34.1 Å². The van der Waals surface area contributed by atoms with E-state index in [1.807, 2.05) is 6.92 Å². The van der Waals surface area contributed by atoms with Crippen molar-refractivity contribution in [2.24, 2.45) is 0 Å². The molecule has 0 radical (unpaired) electrons. The zero-order valence-corrected chi connectivity index (χ0v) is 11.3. The van der Waals surface area contributed by atoms with Crippen LogP contribution in [-0.2, 0) is 4.74 Å². The Hall–Kier alpha value is -0.120. The van der Waals surface area contributed by atoms with Crippen LogP contribution in [0.5, 0.6) is 0 Å². The van der Waals surface area contributed by atoms with E-state index in [1.165, 1.54) is 6.07 Å². The van der Waals surface area contributed by atoms with E-state index in [9.17, 15) is 4.39 Å². The van der Waals surface area contributed by atoms with Gasteiger partial charge in [0.1, 0.15) is 5.82 Å². The molecule has 1 nitrogen and oxygen atoms in total. The predicted octanol–water partition coefficient (Wildman–Crippen LogP) is 4.44. The van der Waals surface area contributed by atoms with Gasteiger partial charge in [-0.15, -0.1) is 11.6 Å². The molecule has 1 aliphatic rings. The van der Waals surface area contributed by atoms with Crippen molar-refractivity contribution in [3.63, 3.8) is 0 Å². The van der Waals surface area contributed by atoms with Crippen molar-refractivity contribution in [3.8, 4) is 0 Å². The largest absolute Gasteiger partial charge is 0.373 e. The molecule has 4 heteroatoms. The molecule has 0 spiro atoms.